The number of hydrogen-bond donors (Lipinski definition) is 2. The van der Waals surface area contributed by atoms with Crippen molar-refractivity contribution in [3.8, 4) is 0 Å². The van der Waals surface area contributed by atoms with Crippen LogP contribution in [0.3, 0.4) is 0 Å². The summed E-state index contributed by atoms with van der Waals surface area (Å²) in [4.78, 5) is 23.2. The molecule has 2 atom stereocenters. The van der Waals surface area contributed by atoms with Gasteiger partial charge in [0.15, 0.2) is 0 Å². The zero-order valence-electron chi connectivity index (χ0n) is 10.4. The maximum Gasteiger partial charge on any atom is 0.407 e. The summed E-state index contributed by atoms with van der Waals surface area (Å²) in [6.07, 6.45) is -1.01. The molecule has 0 aromatic heterocycles. The van der Waals surface area contributed by atoms with Crippen molar-refractivity contribution in [2.45, 2.75) is 12.3 Å². The van der Waals surface area contributed by atoms with Crippen LogP contribution in [0, 0.1) is 17.6 Å². The number of carbonyl (C=O) groups is 2. The Morgan fingerprint density at radius 1 is 1.25 bits per heavy atom. The van der Waals surface area contributed by atoms with Gasteiger partial charge in [0, 0.05) is 25.1 Å². The van der Waals surface area contributed by atoms with E-state index >= 15 is 0 Å². The highest BCUT2D eigenvalue weighted by molar-refractivity contribution is 5.74. The maximum absolute atomic E-state index is 13.8. The molecule has 7 heteroatoms. The van der Waals surface area contributed by atoms with Gasteiger partial charge in [-0.2, -0.15) is 0 Å². The number of carboxylic acids is 1. The lowest BCUT2D eigenvalue weighted by molar-refractivity contribution is -0.144. The lowest BCUT2D eigenvalue weighted by Gasteiger charge is -2.35. The van der Waals surface area contributed by atoms with Crippen LogP contribution >= 0.6 is 0 Å². The Balaban J connectivity index is 2.30. The molecule has 1 saturated heterocycles. The number of carboxylic acid groups (broad SMARTS) is 2. The van der Waals surface area contributed by atoms with Crippen molar-refractivity contribution in [1.29, 1.82) is 0 Å². The summed E-state index contributed by atoms with van der Waals surface area (Å²) in [6.45, 7) is -0.0766. The molecule has 1 aromatic rings. The summed E-state index contributed by atoms with van der Waals surface area (Å²) >= 11 is 0. The third-order valence-electron chi connectivity index (χ3n) is 3.56. The third-order valence-corrected chi connectivity index (χ3v) is 3.56. The molecule has 1 fully saturated rings. The van der Waals surface area contributed by atoms with Gasteiger partial charge < -0.3 is 15.1 Å². The molecule has 20 heavy (non-hydrogen) atoms. The van der Waals surface area contributed by atoms with Gasteiger partial charge in [-0.25, -0.2) is 13.6 Å². The first-order valence-electron chi connectivity index (χ1n) is 6.05. The molecular formula is C13H13F2NO4. The van der Waals surface area contributed by atoms with Crippen molar-refractivity contribution in [2.24, 2.45) is 5.92 Å². The number of amides is 1. The predicted octanol–water partition coefficient (Wildman–Crippen LogP) is 2.13. The highest BCUT2D eigenvalue weighted by Crippen LogP contribution is 2.34. The van der Waals surface area contributed by atoms with Crippen molar-refractivity contribution >= 4 is 12.1 Å². The Bertz CT molecular complexity index is 549. The predicted molar refractivity (Wildman–Crippen MR) is 64.4 cm³/mol. The number of nitrogens with zero attached hydrogens (tertiary/aromatic N) is 1. The fourth-order valence-electron chi connectivity index (χ4n) is 2.55. The van der Waals surface area contributed by atoms with Crippen molar-refractivity contribution in [1.82, 2.24) is 4.90 Å². The van der Waals surface area contributed by atoms with E-state index in [9.17, 15) is 23.5 Å². The molecule has 1 aliphatic heterocycles. The summed E-state index contributed by atoms with van der Waals surface area (Å²) in [5.41, 5.74) is 0.115. The van der Waals surface area contributed by atoms with Gasteiger partial charge in [0.2, 0.25) is 0 Å². The van der Waals surface area contributed by atoms with Gasteiger partial charge in [-0.1, -0.05) is 6.07 Å². The normalized spacial score (nSPS) is 22.6. The molecule has 5 nitrogen and oxygen atoms in total. The summed E-state index contributed by atoms with van der Waals surface area (Å²) in [5, 5.41) is 18.1. The van der Waals surface area contributed by atoms with Crippen molar-refractivity contribution in [3.63, 3.8) is 0 Å². The third kappa shape index (κ3) is 2.71. The van der Waals surface area contributed by atoms with Crippen molar-refractivity contribution < 1.29 is 28.6 Å². The lowest BCUT2D eigenvalue weighted by atomic mass is 9.80. The summed E-state index contributed by atoms with van der Waals surface area (Å²) in [7, 11) is 0. The van der Waals surface area contributed by atoms with E-state index in [4.69, 9.17) is 5.11 Å². The lowest BCUT2D eigenvalue weighted by Crippen LogP contribution is -2.45. The van der Waals surface area contributed by atoms with Gasteiger partial charge in [0.1, 0.15) is 11.6 Å². The molecule has 1 aliphatic rings. The molecule has 1 amide bonds. The molecule has 2 N–H and O–H groups in total. The van der Waals surface area contributed by atoms with E-state index in [1.807, 2.05) is 0 Å². The molecule has 1 aromatic carbocycles. The number of piperidine rings is 1. The van der Waals surface area contributed by atoms with E-state index in [0.717, 1.165) is 11.0 Å². The summed E-state index contributed by atoms with van der Waals surface area (Å²) < 4.78 is 26.7. The Morgan fingerprint density at radius 3 is 2.50 bits per heavy atom. The Kier molecular flexibility index (Phi) is 3.87. The number of rotatable bonds is 2. The molecule has 1 heterocycles. The maximum atomic E-state index is 13.8. The van der Waals surface area contributed by atoms with Gasteiger partial charge in [0.25, 0.3) is 0 Å². The molecule has 0 aliphatic carbocycles. The van der Waals surface area contributed by atoms with Gasteiger partial charge in [-0.15, -0.1) is 0 Å². The van der Waals surface area contributed by atoms with Crippen LogP contribution in [0.5, 0.6) is 0 Å². The van der Waals surface area contributed by atoms with Crippen LogP contribution in [0.25, 0.3) is 0 Å². The molecule has 108 valence electrons. The van der Waals surface area contributed by atoms with Gasteiger partial charge >= 0.3 is 12.1 Å². The van der Waals surface area contributed by atoms with Gasteiger partial charge in [-0.05, 0) is 18.1 Å². The minimum absolute atomic E-state index is 0.115. The highest BCUT2D eigenvalue weighted by Gasteiger charge is 2.38. The van der Waals surface area contributed by atoms with E-state index in [1.165, 1.54) is 6.07 Å². The topological polar surface area (TPSA) is 77.8 Å². The first kappa shape index (κ1) is 14.2. The summed E-state index contributed by atoms with van der Waals surface area (Å²) in [5.74, 6) is -4.43. The van der Waals surface area contributed by atoms with E-state index < -0.39 is 35.5 Å². The monoisotopic (exact) mass is 285 g/mol. The Morgan fingerprint density at radius 2 is 1.95 bits per heavy atom. The minimum Gasteiger partial charge on any atom is -0.481 e. The minimum atomic E-state index is -1.20. The van der Waals surface area contributed by atoms with Crippen LogP contribution in [-0.4, -0.2) is 40.3 Å². The smallest absolute Gasteiger partial charge is 0.407 e. The van der Waals surface area contributed by atoms with Crippen LogP contribution in [-0.2, 0) is 4.79 Å². The molecule has 2 unspecified atom stereocenters. The first-order chi connectivity index (χ1) is 9.40. The number of benzene rings is 1. The van der Waals surface area contributed by atoms with Gasteiger partial charge in [0.05, 0.1) is 5.92 Å². The molecule has 0 spiro atoms. The second-order valence-corrected chi connectivity index (χ2v) is 4.73. The average Bonchev–Trinajstić information content (AvgIpc) is 2.38. The van der Waals surface area contributed by atoms with Crippen LogP contribution in [0.2, 0.25) is 0 Å². The number of halogens is 2. The summed E-state index contributed by atoms with van der Waals surface area (Å²) in [6, 6.07) is 3.00. The van der Waals surface area contributed by atoms with Crippen LogP contribution in [0.4, 0.5) is 13.6 Å². The Labute approximate surface area is 113 Å². The van der Waals surface area contributed by atoms with Crippen LogP contribution in [0.15, 0.2) is 18.2 Å². The fraction of sp³-hybridized carbons (Fsp3) is 0.385. The molecule has 2 rings (SSSR count). The number of likely N-dealkylation sites (tertiary alicyclic amines) is 1. The van der Waals surface area contributed by atoms with Crippen LogP contribution < -0.4 is 0 Å². The molecule has 0 bridgehead atoms. The standard InChI is InChI=1S/C13H13F2NO4/c14-7-1-2-9(11(15)5-7)8-3-4-16(13(19)20)6-10(8)12(17)18/h1-2,5,8,10H,3-4,6H2,(H,17,18)(H,19,20). The first-order valence-corrected chi connectivity index (χ1v) is 6.05. The number of aliphatic carboxylic acids is 1. The van der Waals surface area contributed by atoms with E-state index in [0.29, 0.717) is 6.07 Å². The fourth-order valence-corrected chi connectivity index (χ4v) is 2.55. The van der Waals surface area contributed by atoms with Crippen molar-refractivity contribution in [2.75, 3.05) is 13.1 Å². The quantitative estimate of drug-likeness (QED) is 0.872. The molecule has 0 saturated carbocycles. The second-order valence-electron chi connectivity index (χ2n) is 4.73. The zero-order chi connectivity index (χ0) is 14.9. The number of hydrogen-bond acceptors (Lipinski definition) is 2. The second kappa shape index (κ2) is 5.44. The van der Waals surface area contributed by atoms with E-state index in [1.54, 1.807) is 0 Å². The molecule has 0 radical (unpaired) electrons. The van der Waals surface area contributed by atoms with E-state index in [2.05, 4.69) is 0 Å². The van der Waals surface area contributed by atoms with Gasteiger partial charge in [-0.3, -0.25) is 4.79 Å². The van der Waals surface area contributed by atoms with E-state index in [-0.39, 0.29) is 25.1 Å². The largest absolute Gasteiger partial charge is 0.481 e. The Hall–Kier alpha value is -2.18. The highest BCUT2D eigenvalue weighted by atomic mass is 19.1. The zero-order valence-corrected chi connectivity index (χ0v) is 10.4. The average molecular weight is 285 g/mol. The SMILES string of the molecule is O=C(O)C1CN(C(=O)O)CCC1c1ccc(F)cc1F. The van der Waals surface area contributed by atoms with Crippen molar-refractivity contribution in [3.05, 3.63) is 35.4 Å². The van der Waals surface area contributed by atoms with Crippen LogP contribution in [0.1, 0.15) is 17.9 Å². The molecular weight excluding hydrogens is 272 g/mol.